The van der Waals surface area contributed by atoms with Gasteiger partial charge in [0.2, 0.25) is 0 Å². The van der Waals surface area contributed by atoms with E-state index in [2.05, 4.69) is 0 Å². The summed E-state index contributed by atoms with van der Waals surface area (Å²) in [5, 5.41) is 10.7. The molecule has 4 heteroatoms. The first-order valence-corrected chi connectivity index (χ1v) is 5.97. The molecule has 0 saturated carbocycles. The van der Waals surface area contributed by atoms with Crippen LogP contribution in [0.1, 0.15) is 23.1 Å². The van der Waals surface area contributed by atoms with Gasteiger partial charge in [-0.05, 0) is 48.2 Å². The van der Waals surface area contributed by atoms with E-state index in [4.69, 9.17) is 0 Å². The molecule has 0 fully saturated rings. The summed E-state index contributed by atoms with van der Waals surface area (Å²) in [6, 6.07) is 7.13. The standard InChI is InChI=1S/C15H11F3O/c16-10-1-3-12-9(7-10)5-6-15(12,19)13-4-2-11(17)8-14(13)18/h1-4,7-8,19H,5-6H2. The molecule has 0 amide bonds. The maximum absolute atomic E-state index is 13.8. The first kappa shape index (κ1) is 12.2. The maximum Gasteiger partial charge on any atom is 0.132 e. The Morgan fingerprint density at radius 3 is 2.21 bits per heavy atom. The second kappa shape index (κ2) is 4.10. The molecule has 1 atom stereocenters. The summed E-state index contributed by atoms with van der Waals surface area (Å²) in [5.74, 6) is -1.87. The predicted octanol–water partition coefficient (Wildman–Crippen LogP) is 3.29. The van der Waals surface area contributed by atoms with Gasteiger partial charge < -0.3 is 5.11 Å². The highest BCUT2D eigenvalue weighted by Gasteiger charge is 2.40. The lowest BCUT2D eigenvalue weighted by molar-refractivity contribution is 0.0788. The minimum Gasteiger partial charge on any atom is -0.380 e. The van der Waals surface area contributed by atoms with Crippen molar-refractivity contribution in [2.45, 2.75) is 18.4 Å². The van der Waals surface area contributed by atoms with Crippen molar-refractivity contribution in [3.8, 4) is 0 Å². The Balaban J connectivity index is 2.16. The highest BCUT2D eigenvalue weighted by Crippen LogP contribution is 2.43. The number of hydrogen-bond acceptors (Lipinski definition) is 1. The summed E-state index contributed by atoms with van der Waals surface area (Å²) in [7, 11) is 0. The molecular formula is C15H11F3O. The Bertz CT molecular complexity index is 654. The van der Waals surface area contributed by atoms with Crippen LogP contribution in [0.3, 0.4) is 0 Å². The fourth-order valence-electron chi connectivity index (χ4n) is 2.73. The summed E-state index contributed by atoms with van der Waals surface area (Å²) >= 11 is 0. The van der Waals surface area contributed by atoms with E-state index >= 15 is 0 Å². The van der Waals surface area contributed by atoms with Gasteiger partial charge in [-0.2, -0.15) is 0 Å². The van der Waals surface area contributed by atoms with Crippen molar-refractivity contribution in [3.63, 3.8) is 0 Å². The summed E-state index contributed by atoms with van der Waals surface area (Å²) in [5.41, 5.74) is -0.342. The van der Waals surface area contributed by atoms with E-state index in [-0.39, 0.29) is 17.8 Å². The van der Waals surface area contributed by atoms with Crippen molar-refractivity contribution in [1.29, 1.82) is 0 Å². The van der Waals surface area contributed by atoms with E-state index in [0.717, 1.165) is 12.1 Å². The second-order valence-corrected chi connectivity index (χ2v) is 4.79. The maximum atomic E-state index is 13.8. The highest BCUT2D eigenvalue weighted by molar-refractivity contribution is 5.45. The number of rotatable bonds is 1. The lowest BCUT2D eigenvalue weighted by atomic mass is 9.87. The Labute approximate surface area is 108 Å². The van der Waals surface area contributed by atoms with E-state index in [1.165, 1.54) is 24.3 Å². The van der Waals surface area contributed by atoms with Gasteiger partial charge in [0.25, 0.3) is 0 Å². The van der Waals surface area contributed by atoms with Gasteiger partial charge in [-0.25, -0.2) is 13.2 Å². The van der Waals surface area contributed by atoms with Crippen molar-refractivity contribution in [2.24, 2.45) is 0 Å². The third kappa shape index (κ3) is 1.83. The molecule has 1 unspecified atom stereocenters. The predicted molar refractivity (Wildman–Crippen MR) is 64.1 cm³/mol. The number of aryl methyl sites for hydroxylation is 1. The lowest BCUT2D eigenvalue weighted by Gasteiger charge is -2.25. The fraction of sp³-hybridized carbons (Fsp3) is 0.200. The van der Waals surface area contributed by atoms with Crippen molar-refractivity contribution >= 4 is 0 Å². The molecule has 1 aliphatic carbocycles. The van der Waals surface area contributed by atoms with Crippen LogP contribution in [0, 0.1) is 17.5 Å². The van der Waals surface area contributed by atoms with E-state index in [1.807, 2.05) is 0 Å². The molecule has 1 N–H and O–H groups in total. The van der Waals surface area contributed by atoms with Gasteiger partial charge in [0.05, 0.1) is 0 Å². The molecule has 98 valence electrons. The molecule has 0 spiro atoms. The largest absolute Gasteiger partial charge is 0.380 e. The van der Waals surface area contributed by atoms with Gasteiger partial charge in [0.15, 0.2) is 0 Å². The molecule has 0 aliphatic heterocycles. The molecule has 0 aromatic heterocycles. The Kier molecular flexibility index (Phi) is 2.64. The topological polar surface area (TPSA) is 20.2 Å². The van der Waals surface area contributed by atoms with Crippen LogP contribution in [0.4, 0.5) is 13.2 Å². The van der Waals surface area contributed by atoms with Crippen molar-refractivity contribution < 1.29 is 18.3 Å². The monoisotopic (exact) mass is 264 g/mol. The normalized spacial score (nSPS) is 21.5. The third-order valence-corrected chi connectivity index (χ3v) is 3.65. The van der Waals surface area contributed by atoms with Crippen LogP contribution in [0.25, 0.3) is 0 Å². The van der Waals surface area contributed by atoms with Crippen LogP contribution in [0.15, 0.2) is 36.4 Å². The molecule has 19 heavy (non-hydrogen) atoms. The highest BCUT2D eigenvalue weighted by atomic mass is 19.1. The molecule has 0 saturated heterocycles. The number of benzene rings is 2. The van der Waals surface area contributed by atoms with E-state index < -0.39 is 17.2 Å². The van der Waals surface area contributed by atoms with Crippen LogP contribution < -0.4 is 0 Å². The molecule has 2 aromatic carbocycles. The van der Waals surface area contributed by atoms with Gasteiger partial charge >= 0.3 is 0 Å². The zero-order valence-corrected chi connectivity index (χ0v) is 9.96. The van der Waals surface area contributed by atoms with Gasteiger partial charge in [0, 0.05) is 11.6 Å². The number of fused-ring (bicyclic) bond motifs is 1. The molecule has 2 aromatic rings. The molecule has 1 nitrogen and oxygen atoms in total. The molecule has 0 radical (unpaired) electrons. The molecule has 0 bridgehead atoms. The van der Waals surface area contributed by atoms with E-state index in [0.29, 0.717) is 17.5 Å². The van der Waals surface area contributed by atoms with Crippen LogP contribution in [-0.4, -0.2) is 5.11 Å². The first-order valence-electron chi connectivity index (χ1n) is 5.97. The lowest BCUT2D eigenvalue weighted by Crippen LogP contribution is -2.25. The average molecular weight is 264 g/mol. The van der Waals surface area contributed by atoms with Crippen LogP contribution >= 0.6 is 0 Å². The van der Waals surface area contributed by atoms with Crippen LogP contribution in [0.2, 0.25) is 0 Å². The summed E-state index contributed by atoms with van der Waals surface area (Å²) in [6.07, 6.45) is 0.717. The summed E-state index contributed by atoms with van der Waals surface area (Å²) < 4.78 is 39.9. The third-order valence-electron chi connectivity index (χ3n) is 3.65. The molecule has 1 aliphatic rings. The quantitative estimate of drug-likeness (QED) is 0.838. The summed E-state index contributed by atoms with van der Waals surface area (Å²) in [4.78, 5) is 0. The Morgan fingerprint density at radius 2 is 1.53 bits per heavy atom. The Hall–Kier alpha value is -1.81. The number of aliphatic hydroxyl groups is 1. The zero-order chi connectivity index (χ0) is 13.6. The molecule has 3 rings (SSSR count). The zero-order valence-electron chi connectivity index (χ0n) is 9.96. The molecule has 0 heterocycles. The molecular weight excluding hydrogens is 253 g/mol. The fourth-order valence-corrected chi connectivity index (χ4v) is 2.73. The number of halogens is 3. The average Bonchev–Trinajstić information content (AvgIpc) is 2.67. The smallest absolute Gasteiger partial charge is 0.132 e. The van der Waals surface area contributed by atoms with E-state index in [9.17, 15) is 18.3 Å². The van der Waals surface area contributed by atoms with Crippen molar-refractivity contribution in [1.82, 2.24) is 0 Å². The summed E-state index contributed by atoms with van der Waals surface area (Å²) in [6.45, 7) is 0. The first-order chi connectivity index (χ1) is 9.00. The second-order valence-electron chi connectivity index (χ2n) is 4.79. The van der Waals surface area contributed by atoms with Gasteiger partial charge in [-0.15, -0.1) is 0 Å². The van der Waals surface area contributed by atoms with Gasteiger partial charge in [-0.3, -0.25) is 0 Å². The van der Waals surface area contributed by atoms with E-state index in [1.54, 1.807) is 0 Å². The minimum absolute atomic E-state index is 0.0271. The van der Waals surface area contributed by atoms with Crippen molar-refractivity contribution in [2.75, 3.05) is 0 Å². The van der Waals surface area contributed by atoms with Gasteiger partial charge in [-0.1, -0.05) is 6.07 Å². The van der Waals surface area contributed by atoms with Gasteiger partial charge in [0.1, 0.15) is 23.1 Å². The minimum atomic E-state index is -1.51. The Morgan fingerprint density at radius 1 is 0.895 bits per heavy atom. The SMILES string of the molecule is OC1(c2ccc(F)cc2F)CCc2cc(F)ccc21. The van der Waals surface area contributed by atoms with Crippen molar-refractivity contribution in [3.05, 3.63) is 70.5 Å². The van der Waals surface area contributed by atoms with Crippen LogP contribution in [-0.2, 0) is 12.0 Å². The number of hydrogen-bond donors (Lipinski definition) is 1. The van der Waals surface area contributed by atoms with Crippen LogP contribution in [0.5, 0.6) is 0 Å².